The Kier molecular flexibility index (Phi) is 15.0. The van der Waals surface area contributed by atoms with E-state index < -0.39 is 6.10 Å². The third-order valence-corrected chi connectivity index (χ3v) is 11.7. The number of allylic oxidation sites excluding steroid dienone is 1. The number of hydrogen-bond donors (Lipinski definition) is 3. The van der Waals surface area contributed by atoms with Gasteiger partial charge < -0.3 is 15.3 Å². The average molecular weight is 1210 g/mol. The van der Waals surface area contributed by atoms with Gasteiger partial charge in [-0.25, -0.2) is 0 Å². The monoisotopic (exact) mass is 1210 g/mol. The minimum Gasteiger partial charge on any atom is -0.393 e. The second-order valence-corrected chi connectivity index (χ2v) is 13.6. The Morgan fingerprint density at radius 2 is 1.43 bits per heavy atom. The molecule has 0 spiro atoms. The van der Waals surface area contributed by atoms with E-state index in [2.05, 4.69) is 87.5 Å². The van der Waals surface area contributed by atoms with E-state index >= 15 is 0 Å². The molecule has 4 aliphatic carbocycles. The van der Waals surface area contributed by atoms with Crippen molar-refractivity contribution in [3.63, 3.8) is 0 Å². The zero-order valence-electron chi connectivity index (χ0n) is 25.6. The molecule has 0 aromatic heterocycles. The number of benzene rings is 2. The number of fused-ring (bicyclic) bond motifs is 5. The molecular formula is C36H46Ac3O3. The van der Waals surface area contributed by atoms with Crippen LogP contribution in [0.15, 0.2) is 66.7 Å². The molecule has 0 bridgehead atoms. The Labute approximate surface area is 361 Å². The van der Waals surface area contributed by atoms with Crippen LogP contribution in [-0.2, 0) is 0 Å². The van der Waals surface area contributed by atoms with Crippen molar-refractivity contribution in [1.82, 2.24) is 0 Å². The Morgan fingerprint density at radius 3 is 2.02 bits per heavy atom. The SMILES string of the molecule is CC(CC=C(c1ccccc1)c1ccccc1)C1CCC2[C]3C(O)C[C]4CC(O)CCC4(C)C3CC(O)C21C.[Ac].[Ac].[Ac]. The molecule has 9 atom stereocenters. The molecular weight excluding hydrogens is 1160 g/mol. The summed E-state index contributed by atoms with van der Waals surface area (Å²) in [6.45, 7) is 7.06. The van der Waals surface area contributed by atoms with Crippen molar-refractivity contribution in [3.8, 4) is 0 Å². The molecule has 3 nitrogen and oxygen atoms in total. The molecule has 0 heterocycles. The first kappa shape index (κ1) is 38.8. The molecule has 217 valence electrons. The summed E-state index contributed by atoms with van der Waals surface area (Å²) in [7, 11) is 0. The summed E-state index contributed by atoms with van der Waals surface area (Å²) in [5.41, 5.74) is 3.56. The summed E-state index contributed by atoms with van der Waals surface area (Å²) < 4.78 is 0. The standard InChI is InChI=1S/C36H46O3.3Ac/c1-23(14-15-28(24-10-6-4-7-11-24)25-12-8-5-9-13-25)29-16-17-30-34-31(22-33(39)36(29,30)3)35(2)19-18-27(37)20-26(35)21-32(34)38;;;/h4-13,15,23,27,29-33,37-39H,14,16-22H2,1-3H3;;;. The van der Waals surface area contributed by atoms with E-state index in [1.54, 1.807) is 0 Å². The van der Waals surface area contributed by atoms with E-state index in [4.69, 9.17) is 0 Å². The summed E-state index contributed by atoms with van der Waals surface area (Å²) in [6.07, 6.45) is 8.43. The zero-order valence-corrected chi connectivity index (χ0v) is 39.9. The fraction of sp³-hybridized carbons (Fsp3) is 0.556. The van der Waals surface area contributed by atoms with E-state index in [1.165, 1.54) is 28.5 Å². The minimum atomic E-state index is -0.433. The van der Waals surface area contributed by atoms with Gasteiger partial charge in [0.25, 0.3) is 0 Å². The molecule has 9 unspecified atom stereocenters. The van der Waals surface area contributed by atoms with Crippen molar-refractivity contribution in [2.45, 2.75) is 90.4 Å². The van der Waals surface area contributed by atoms with Gasteiger partial charge in [-0.2, -0.15) is 0 Å². The molecule has 0 amide bonds. The summed E-state index contributed by atoms with van der Waals surface area (Å²) in [5, 5.41) is 33.8. The smallest absolute Gasteiger partial charge is 0.0614 e. The van der Waals surface area contributed by atoms with Crippen LogP contribution in [0.1, 0.15) is 83.3 Å². The summed E-state index contributed by atoms with van der Waals surface area (Å²) in [5.74, 6) is 4.01. The number of hydrogen-bond acceptors (Lipinski definition) is 3. The van der Waals surface area contributed by atoms with Crippen LogP contribution in [0.25, 0.3) is 5.57 Å². The molecule has 2 aromatic carbocycles. The van der Waals surface area contributed by atoms with Crippen LogP contribution in [0.2, 0.25) is 0 Å². The van der Waals surface area contributed by atoms with Gasteiger partial charge in [-0.05, 0) is 103 Å². The number of aliphatic hydroxyl groups is 3. The molecule has 2 aromatic rings. The molecule has 42 heavy (non-hydrogen) atoms. The van der Waals surface area contributed by atoms with E-state index in [9.17, 15) is 15.3 Å². The van der Waals surface area contributed by atoms with Crippen molar-refractivity contribution in [2.24, 2.45) is 34.5 Å². The molecule has 5 radical (unpaired) electrons. The Bertz CT molecular complexity index is 1130. The Morgan fingerprint density at radius 1 is 0.833 bits per heavy atom. The quantitative estimate of drug-likeness (QED) is 0.302. The van der Waals surface area contributed by atoms with Crippen LogP contribution < -0.4 is 0 Å². The maximum Gasteiger partial charge on any atom is 0.0614 e. The van der Waals surface area contributed by atoms with E-state index in [1.807, 2.05) is 0 Å². The molecule has 4 saturated carbocycles. The van der Waals surface area contributed by atoms with Crippen molar-refractivity contribution >= 4 is 5.57 Å². The molecule has 0 aliphatic heterocycles. The molecule has 4 aliphatic rings. The van der Waals surface area contributed by atoms with Gasteiger partial charge in [-0.15, -0.1) is 0 Å². The maximum absolute atomic E-state index is 11.9. The fourth-order valence-electron chi connectivity index (χ4n) is 9.53. The van der Waals surface area contributed by atoms with Gasteiger partial charge in [0.1, 0.15) is 0 Å². The van der Waals surface area contributed by atoms with Gasteiger partial charge >= 0.3 is 0 Å². The predicted octanol–water partition coefficient (Wildman–Crippen LogP) is 7.02. The van der Waals surface area contributed by atoms with Gasteiger partial charge in [0.15, 0.2) is 0 Å². The topological polar surface area (TPSA) is 60.7 Å². The first-order valence-electron chi connectivity index (χ1n) is 15.3. The number of rotatable bonds is 5. The van der Waals surface area contributed by atoms with Gasteiger partial charge in [-0.3, -0.25) is 0 Å². The van der Waals surface area contributed by atoms with Crippen LogP contribution in [0.3, 0.4) is 0 Å². The second kappa shape index (κ2) is 16.2. The number of aliphatic hydroxyl groups excluding tert-OH is 3. The van der Waals surface area contributed by atoms with Crippen molar-refractivity contribution in [1.29, 1.82) is 0 Å². The average Bonchev–Trinajstić information content (AvgIpc) is 3.30. The van der Waals surface area contributed by atoms with Gasteiger partial charge in [0.2, 0.25) is 0 Å². The largest absolute Gasteiger partial charge is 0.393 e. The zero-order chi connectivity index (χ0) is 27.4. The van der Waals surface area contributed by atoms with Gasteiger partial charge in [0.05, 0.1) is 18.3 Å². The van der Waals surface area contributed by atoms with Crippen LogP contribution in [0.4, 0.5) is 0 Å². The molecule has 3 N–H and O–H groups in total. The van der Waals surface area contributed by atoms with E-state index in [0.29, 0.717) is 24.7 Å². The first-order valence-corrected chi connectivity index (χ1v) is 15.3. The fourth-order valence-corrected chi connectivity index (χ4v) is 9.53. The van der Waals surface area contributed by atoms with Crippen LogP contribution in [0.5, 0.6) is 0 Å². The first-order chi connectivity index (χ1) is 18.7. The van der Waals surface area contributed by atoms with Crippen LogP contribution in [0, 0.1) is 179 Å². The normalized spacial score (nSPS) is 36.5. The molecule has 6 heteroatoms. The summed E-state index contributed by atoms with van der Waals surface area (Å²) >= 11 is 0. The van der Waals surface area contributed by atoms with Crippen molar-refractivity contribution in [3.05, 3.63) is 89.7 Å². The molecule has 6 rings (SSSR count). The maximum atomic E-state index is 11.9. The predicted molar refractivity (Wildman–Crippen MR) is 157 cm³/mol. The summed E-state index contributed by atoms with van der Waals surface area (Å²) in [6, 6.07) is 21.3. The van der Waals surface area contributed by atoms with E-state index in [-0.39, 0.29) is 167 Å². The third kappa shape index (κ3) is 7.20. The minimum absolute atomic E-state index is 0. The van der Waals surface area contributed by atoms with Crippen LogP contribution in [-0.4, -0.2) is 33.6 Å². The second-order valence-electron chi connectivity index (χ2n) is 13.6. The van der Waals surface area contributed by atoms with Crippen molar-refractivity contribution in [2.75, 3.05) is 0 Å². The Hall–Kier alpha value is 2.38. The van der Waals surface area contributed by atoms with Gasteiger partial charge in [-0.1, -0.05) is 87.5 Å². The summed E-state index contributed by atoms with van der Waals surface area (Å²) in [4.78, 5) is 0. The Balaban J connectivity index is 0.00000161. The molecule has 4 fully saturated rings. The van der Waals surface area contributed by atoms with Crippen LogP contribution >= 0.6 is 0 Å². The van der Waals surface area contributed by atoms with E-state index in [0.717, 1.165) is 38.5 Å². The van der Waals surface area contributed by atoms with Gasteiger partial charge in [0, 0.05) is 144 Å². The third-order valence-electron chi connectivity index (χ3n) is 11.7. The molecule has 0 saturated heterocycles. The van der Waals surface area contributed by atoms with Crippen molar-refractivity contribution < 1.29 is 148 Å².